The molecule has 0 aromatic heterocycles. The summed E-state index contributed by atoms with van der Waals surface area (Å²) in [6, 6.07) is 5.85. The van der Waals surface area contributed by atoms with Gasteiger partial charge in [-0.3, -0.25) is 0 Å². The Kier molecular flexibility index (Phi) is 5.79. The van der Waals surface area contributed by atoms with Gasteiger partial charge in [-0.1, -0.05) is 24.9 Å². The molecule has 0 saturated heterocycles. The number of ether oxygens (including phenoxy) is 1. The number of hydrogen-bond acceptors (Lipinski definition) is 2. The largest absolute Gasteiger partial charge is 0.490 e. The van der Waals surface area contributed by atoms with E-state index in [1.807, 2.05) is 25.1 Å². The fourth-order valence-electron chi connectivity index (χ4n) is 1.85. The van der Waals surface area contributed by atoms with Gasteiger partial charge in [-0.25, -0.2) is 0 Å². The predicted molar refractivity (Wildman–Crippen MR) is 73.8 cm³/mol. The Hall–Kier alpha value is -0.730. The van der Waals surface area contributed by atoms with Crippen LogP contribution in [0.15, 0.2) is 18.2 Å². The standard InChI is InChI=1S/C14H22ClNO/c1-4-5-11(3)17-14-7-6-13(15)9-12(14)8-10(2)16/h6-7,9-11H,4-5,8,16H2,1-3H3. The molecule has 2 unspecified atom stereocenters. The lowest BCUT2D eigenvalue weighted by Crippen LogP contribution is -2.19. The summed E-state index contributed by atoms with van der Waals surface area (Å²) in [6.45, 7) is 6.23. The van der Waals surface area contributed by atoms with Crippen LogP contribution in [-0.2, 0) is 6.42 Å². The molecule has 1 aromatic rings. The topological polar surface area (TPSA) is 35.2 Å². The van der Waals surface area contributed by atoms with Gasteiger partial charge in [0.15, 0.2) is 0 Å². The molecular weight excluding hydrogens is 234 g/mol. The number of hydrogen-bond donors (Lipinski definition) is 1. The van der Waals surface area contributed by atoms with E-state index in [1.54, 1.807) is 0 Å². The Morgan fingerprint density at radius 2 is 2.06 bits per heavy atom. The molecule has 17 heavy (non-hydrogen) atoms. The van der Waals surface area contributed by atoms with Gasteiger partial charge in [-0.05, 0) is 50.5 Å². The van der Waals surface area contributed by atoms with Crippen LogP contribution < -0.4 is 10.5 Å². The Labute approximate surface area is 109 Å². The lowest BCUT2D eigenvalue weighted by Gasteiger charge is -2.18. The highest BCUT2D eigenvalue weighted by molar-refractivity contribution is 6.30. The first kappa shape index (κ1) is 14.3. The minimum atomic E-state index is 0.109. The maximum absolute atomic E-state index is 6.00. The van der Waals surface area contributed by atoms with Crippen LogP contribution in [0.5, 0.6) is 5.75 Å². The molecule has 0 heterocycles. The van der Waals surface area contributed by atoms with Crippen molar-refractivity contribution < 1.29 is 4.74 Å². The molecule has 1 rings (SSSR count). The average molecular weight is 256 g/mol. The number of nitrogens with two attached hydrogens (primary N) is 1. The second-order valence-corrected chi connectivity index (χ2v) is 5.09. The van der Waals surface area contributed by atoms with Gasteiger partial charge in [0.1, 0.15) is 5.75 Å². The van der Waals surface area contributed by atoms with E-state index < -0.39 is 0 Å². The van der Waals surface area contributed by atoms with Crippen LogP contribution in [0.2, 0.25) is 5.02 Å². The highest BCUT2D eigenvalue weighted by Gasteiger charge is 2.10. The van der Waals surface area contributed by atoms with Crippen molar-refractivity contribution in [2.75, 3.05) is 0 Å². The number of halogens is 1. The third-order valence-electron chi connectivity index (χ3n) is 2.59. The first-order valence-electron chi connectivity index (χ1n) is 6.23. The van der Waals surface area contributed by atoms with Crippen LogP contribution in [0.1, 0.15) is 39.2 Å². The Morgan fingerprint density at radius 1 is 1.35 bits per heavy atom. The minimum absolute atomic E-state index is 0.109. The van der Waals surface area contributed by atoms with Gasteiger partial charge < -0.3 is 10.5 Å². The normalized spacial score (nSPS) is 14.4. The summed E-state index contributed by atoms with van der Waals surface area (Å²) in [4.78, 5) is 0. The lowest BCUT2D eigenvalue weighted by molar-refractivity contribution is 0.207. The highest BCUT2D eigenvalue weighted by Crippen LogP contribution is 2.25. The molecule has 0 radical (unpaired) electrons. The molecule has 0 aliphatic heterocycles. The summed E-state index contributed by atoms with van der Waals surface area (Å²) in [7, 11) is 0. The Bertz CT molecular complexity index is 352. The molecule has 2 atom stereocenters. The first-order valence-corrected chi connectivity index (χ1v) is 6.61. The van der Waals surface area contributed by atoms with Gasteiger partial charge in [0.2, 0.25) is 0 Å². The smallest absolute Gasteiger partial charge is 0.123 e. The van der Waals surface area contributed by atoms with Crippen molar-refractivity contribution in [2.24, 2.45) is 5.73 Å². The monoisotopic (exact) mass is 255 g/mol. The molecule has 0 aliphatic rings. The molecule has 0 saturated carbocycles. The van der Waals surface area contributed by atoms with E-state index in [9.17, 15) is 0 Å². The van der Waals surface area contributed by atoms with Crippen molar-refractivity contribution in [1.29, 1.82) is 0 Å². The van der Waals surface area contributed by atoms with Crippen LogP contribution in [0.3, 0.4) is 0 Å². The molecule has 0 amide bonds. The third kappa shape index (κ3) is 4.97. The lowest BCUT2D eigenvalue weighted by atomic mass is 10.1. The zero-order valence-corrected chi connectivity index (χ0v) is 11.6. The van der Waals surface area contributed by atoms with Crippen molar-refractivity contribution in [2.45, 2.75) is 52.2 Å². The molecule has 2 nitrogen and oxygen atoms in total. The van der Waals surface area contributed by atoms with E-state index in [0.29, 0.717) is 0 Å². The van der Waals surface area contributed by atoms with Crippen LogP contribution in [0.25, 0.3) is 0 Å². The summed E-state index contributed by atoms with van der Waals surface area (Å²) in [5.41, 5.74) is 6.93. The third-order valence-corrected chi connectivity index (χ3v) is 2.82. The Morgan fingerprint density at radius 3 is 2.65 bits per heavy atom. The van der Waals surface area contributed by atoms with Crippen LogP contribution in [-0.4, -0.2) is 12.1 Å². The predicted octanol–water partition coefficient (Wildman–Crippen LogP) is 3.80. The molecule has 3 heteroatoms. The van der Waals surface area contributed by atoms with Gasteiger partial charge in [-0.2, -0.15) is 0 Å². The van der Waals surface area contributed by atoms with Crippen molar-refractivity contribution in [3.05, 3.63) is 28.8 Å². The zero-order chi connectivity index (χ0) is 12.8. The van der Waals surface area contributed by atoms with Crippen LogP contribution >= 0.6 is 11.6 Å². The second kappa shape index (κ2) is 6.87. The molecule has 2 N–H and O–H groups in total. The fourth-order valence-corrected chi connectivity index (χ4v) is 2.05. The minimum Gasteiger partial charge on any atom is -0.490 e. The second-order valence-electron chi connectivity index (χ2n) is 4.65. The van der Waals surface area contributed by atoms with E-state index in [-0.39, 0.29) is 12.1 Å². The van der Waals surface area contributed by atoms with Gasteiger partial charge in [0.25, 0.3) is 0 Å². The maximum atomic E-state index is 6.00. The first-order chi connectivity index (χ1) is 8.02. The molecule has 1 aromatic carbocycles. The van der Waals surface area contributed by atoms with E-state index >= 15 is 0 Å². The summed E-state index contributed by atoms with van der Waals surface area (Å²) < 4.78 is 5.93. The summed E-state index contributed by atoms with van der Waals surface area (Å²) in [6.07, 6.45) is 3.19. The average Bonchev–Trinajstić information content (AvgIpc) is 2.21. The zero-order valence-electron chi connectivity index (χ0n) is 10.9. The molecule has 0 spiro atoms. The fraction of sp³-hybridized carbons (Fsp3) is 0.571. The van der Waals surface area contributed by atoms with Gasteiger partial charge in [0, 0.05) is 11.1 Å². The van der Waals surface area contributed by atoms with Crippen molar-refractivity contribution in [3.63, 3.8) is 0 Å². The summed E-state index contributed by atoms with van der Waals surface area (Å²) in [5.74, 6) is 0.910. The van der Waals surface area contributed by atoms with Crippen LogP contribution in [0, 0.1) is 0 Å². The van der Waals surface area contributed by atoms with Gasteiger partial charge in [0.05, 0.1) is 6.10 Å². The van der Waals surface area contributed by atoms with E-state index in [0.717, 1.165) is 35.6 Å². The number of rotatable bonds is 6. The van der Waals surface area contributed by atoms with Crippen molar-refractivity contribution in [3.8, 4) is 5.75 Å². The Balaban J connectivity index is 2.82. The van der Waals surface area contributed by atoms with Crippen molar-refractivity contribution in [1.82, 2.24) is 0 Å². The van der Waals surface area contributed by atoms with E-state index in [1.165, 1.54) is 0 Å². The van der Waals surface area contributed by atoms with E-state index in [4.69, 9.17) is 22.1 Å². The van der Waals surface area contributed by atoms with Crippen LogP contribution in [0.4, 0.5) is 0 Å². The quantitative estimate of drug-likeness (QED) is 0.839. The molecule has 96 valence electrons. The molecule has 0 aliphatic carbocycles. The molecular formula is C14H22ClNO. The summed E-state index contributed by atoms with van der Waals surface area (Å²) >= 11 is 6.00. The van der Waals surface area contributed by atoms with E-state index in [2.05, 4.69) is 13.8 Å². The number of benzene rings is 1. The summed E-state index contributed by atoms with van der Waals surface area (Å²) in [5, 5.41) is 0.733. The molecule has 0 fully saturated rings. The SMILES string of the molecule is CCCC(C)Oc1ccc(Cl)cc1CC(C)N. The molecule has 0 bridgehead atoms. The van der Waals surface area contributed by atoms with Gasteiger partial charge in [-0.15, -0.1) is 0 Å². The maximum Gasteiger partial charge on any atom is 0.123 e. The van der Waals surface area contributed by atoms with Crippen molar-refractivity contribution >= 4 is 11.6 Å². The van der Waals surface area contributed by atoms with Gasteiger partial charge >= 0.3 is 0 Å². The highest BCUT2D eigenvalue weighted by atomic mass is 35.5.